The number of methoxy groups -OCH3 is 2. The zero-order chi connectivity index (χ0) is 22.1. The van der Waals surface area contributed by atoms with Crippen LogP contribution < -0.4 is 19.7 Å². The molecule has 2 aliphatic rings. The lowest BCUT2D eigenvalue weighted by Crippen LogP contribution is -2.31. The predicted molar refractivity (Wildman–Crippen MR) is 129 cm³/mol. The molecule has 0 bridgehead atoms. The van der Waals surface area contributed by atoms with Crippen LogP contribution in [0.15, 0.2) is 60.9 Å². The number of pyridine rings is 1. The van der Waals surface area contributed by atoms with Gasteiger partial charge in [0, 0.05) is 30.2 Å². The fourth-order valence-electron chi connectivity index (χ4n) is 5.07. The summed E-state index contributed by atoms with van der Waals surface area (Å²) in [7, 11) is 3.34. The minimum Gasteiger partial charge on any atom is -0.497 e. The van der Waals surface area contributed by atoms with Crippen molar-refractivity contribution >= 4 is 23.0 Å². The van der Waals surface area contributed by atoms with E-state index in [0.717, 1.165) is 22.9 Å². The van der Waals surface area contributed by atoms with Crippen molar-refractivity contribution in [3.05, 3.63) is 72.3 Å². The maximum atomic E-state index is 5.89. The van der Waals surface area contributed by atoms with E-state index in [0.29, 0.717) is 11.2 Å². The molecule has 0 radical (unpaired) electrons. The van der Waals surface area contributed by atoms with Crippen molar-refractivity contribution in [2.45, 2.75) is 43.8 Å². The lowest BCUT2D eigenvalue weighted by atomic mass is 10.00. The van der Waals surface area contributed by atoms with E-state index in [1.807, 2.05) is 36.5 Å². The molecule has 0 amide bonds. The van der Waals surface area contributed by atoms with Gasteiger partial charge in [0.1, 0.15) is 17.5 Å². The smallest absolute Gasteiger partial charge is 0.174 e. The number of anilines is 1. The summed E-state index contributed by atoms with van der Waals surface area (Å²) in [5.41, 5.74) is 3.11. The number of ether oxygens (including phenoxy) is 2. The Morgan fingerprint density at radius 3 is 2.59 bits per heavy atom. The van der Waals surface area contributed by atoms with Gasteiger partial charge in [-0.15, -0.1) is 0 Å². The Bertz CT molecular complexity index is 1090. The number of aromatic nitrogens is 2. The zero-order valence-electron chi connectivity index (χ0n) is 18.4. The first-order valence-corrected chi connectivity index (χ1v) is 11.5. The van der Waals surface area contributed by atoms with Crippen LogP contribution >= 0.6 is 12.2 Å². The molecule has 32 heavy (non-hydrogen) atoms. The Morgan fingerprint density at radius 2 is 1.88 bits per heavy atom. The molecule has 1 saturated heterocycles. The van der Waals surface area contributed by atoms with Gasteiger partial charge in [-0.2, -0.15) is 0 Å². The van der Waals surface area contributed by atoms with E-state index in [1.54, 1.807) is 14.2 Å². The Balaban J connectivity index is 1.65. The van der Waals surface area contributed by atoms with Crippen LogP contribution in [0.2, 0.25) is 0 Å². The highest BCUT2D eigenvalue weighted by Crippen LogP contribution is 2.46. The third-order valence-corrected chi connectivity index (χ3v) is 6.89. The Morgan fingerprint density at radius 1 is 1.03 bits per heavy atom. The second-order valence-corrected chi connectivity index (χ2v) is 8.70. The minimum absolute atomic E-state index is 0.0599. The van der Waals surface area contributed by atoms with Crippen LogP contribution in [0.5, 0.6) is 11.5 Å². The van der Waals surface area contributed by atoms with E-state index in [4.69, 9.17) is 21.7 Å². The molecule has 6 nitrogen and oxygen atoms in total. The molecule has 166 valence electrons. The molecule has 0 spiro atoms. The quantitative estimate of drug-likeness (QED) is 0.524. The lowest BCUT2D eigenvalue weighted by molar-refractivity contribution is 0.393. The van der Waals surface area contributed by atoms with Crippen molar-refractivity contribution in [1.29, 1.82) is 0 Å². The highest BCUT2D eigenvalue weighted by Gasteiger charge is 2.43. The van der Waals surface area contributed by atoms with E-state index in [-0.39, 0.29) is 12.1 Å². The monoisotopic (exact) mass is 448 g/mol. The van der Waals surface area contributed by atoms with Crippen molar-refractivity contribution in [2.75, 3.05) is 19.1 Å². The normalized spacial score (nSPS) is 21.1. The number of nitrogens with one attached hydrogen (secondary N) is 1. The van der Waals surface area contributed by atoms with Gasteiger partial charge in [0.2, 0.25) is 0 Å². The maximum absolute atomic E-state index is 5.89. The van der Waals surface area contributed by atoms with Crippen LogP contribution in [0.4, 0.5) is 5.69 Å². The predicted octanol–water partition coefficient (Wildman–Crippen LogP) is 5.19. The molecule has 3 heterocycles. The number of hydrogen-bond acceptors (Lipinski definition) is 4. The van der Waals surface area contributed by atoms with Crippen molar-refractivity contribution in [3.63, 3.8) is 0 Å². The molecule has 7 heteroatoms. The van der Waals surface area contributed by atoms with Crippen LogP contribution in [0.3, 0.4) is 0 Å². The highest BCUT2D eigenvalue weighted by molar-refractivity contribution is 7.80. The van der Waals surface area contributed by atoms with Crippen LogP contribution in [-0.2, 0) is 0 Å². The molecular weight excluding hydrogens is 420 g/mol. The molecular formula is C25H28N4O2S. The fourth-order valence-corrected chi connectivity index (χ4v) is 5.41. The fraction of sp³-hybridized carbons (Fsp3) is 0.360. The number of hydrogen-bond donors (Lipinski definition) is 1. The summed E-state index contributed by atoms with van der Waals surface area (Å²) < 4.78 is 13.6. The van der Waals surface area contributed by atoms with Crippen molar-refractivity contribution in [1.82, 2.24) is 14.9 Å². The van der Waals surface area contributed by atoms with Crippen LogP contribution in [0.1, 0.15) is 55.2 Å². The van der Waals surface area contributed by atoms with Crippen LogP contribution in [0, 0.1) is 0 Å². The number of rotatable bonds is 6. The summed E-state index contributed by atoms with van der Waals surface area (Å²) in [5, 5.41) is 4.21. The van der Waals surface area contributed by atoms with E-state index in [2.05, 4.69) is 44.2 Å². The molecule has 1 aliphatic heterocycles. The number of thiocarbonyl (C=S) groups is 1. The lowest BCUT2D eigenvalue weighted by Gasteiger charge is -2.31. The first kappa shape index (κ1) is 20.8. The SMILES string of the molecule is COc1ccc(N2C(=S)N[C@@H](c3ccccn3)[C@@H]2c2cccn2C2CCCC2)c(OC)c1. The summed E-state index contributed by atoms with van der Waals surface area (Å²) in [6, 6.07) is 16.6. The molecule has 0 unspecified atom stereocenters. The van der Waals surface area contributed by atoms with Gasteiger partial charge in [-0.3, -0.25) is 4.98 Å². The van der Waals surface area contributed by atoms with Gasteiger partial charge >= 0.3 is 0 Å². The number of benzene rings is 1. The second kappa shape index (κ2) is 8.82. The zero-order valence-corrected chi connectivity index (χ0v) is 19.2. The summed E-state index contributed by atoms with van der Waals surface area (Å²) in [5.74, 6) is 1.47. The third-order valence-electron chi connectivity index (χ3n) is 6.58. The van der Waals surface area contributed by atoms with E-state index < -0.39 is 0 Å². The molecule has 2 aromatic heterocycles. The first-order valence-electron chi connectivity index (χ1n) is 11.1. The second-order valence-electron chi connectivity index (χ2n) is 8.31. The van der Waals surface area contributed by atoms with E-state index in [1.165, 1.54) is 31.4 Å². The van der Waals surface area contributed by atoms with Crippen LogP contribution in [0.25, 0.3) is 0 Å². The van der Waals surface area contributed by atoms with Crippen molar-refractivity contribution in [2.24, 2.45) is 0 Å². The standard InChI is InChI=1S/C25H28N4O2S/c1-30-18-12-13-20(22(16-18)31-2)29-24(21-11-7-15-28(21)17-8-3-4-9-17)23(27-25(29)32)19-10-5-6-14-26-19/h5-7,10-17,23-24H,3-4,8-9H2,1-2H3,(H,27,32)/t23-,24-/m0/s1. The molecule has 2 fully saturated rings. The maximum Gasteiger partial charge on any atom is 0.174 e. The van der Waals surface area contributed by atoms with Crippen molar-refractivity contribution < 1.29 is 9.47 Å². The Hall–Kier alpha value is -3.06. The minimum atomic E-state index is -0.0782. The number of nitrogens with zero attached hydrogens (tertiary/aromatic N) is 3. The van der Waals surface area contributed by atoms with Gasteiger partial charge in [0.05, 0.1) is 31.6 Å². The topological polar surface area (TPSA) is 51.5 Å². The van der Waals surface area contributed by atoms with Gasteiger partial charge in [-0.05, 0) is 61.5 Å². The van der Waals surface area contributed by atoms with E-state index >= 15 is 0 Å². The summed E-state index contributed by atoms with van der Waals surface area (Å²) >= 11 is 5.89. The first-order chi connectivity index (χ1) is 15.7. The molecule has 1 aromatic carbocycles. The van der Waals surface area contributed by atoms with Gasteiger partial charge in [0.15, 0.2) is 5.11 Å². The van der Waals surface area contributed by atoms with Crippen molar-refractivity contribution in [3.8, 4) is 11.5 Å². The van der Waals surface area contributed by atoms with Gasteiger partial charge in [-0.1, -0.05) is 18.9 Å². The molecule has 5 rings (SSSR count). The van der Waals surface area contributed by atoms with Crippen LogP contribution in [-0.4, -0.2) is 28.9 Å². The van der Waals surface area contributed by atoms with Gasteiger partial charge in [0.25, 0.3) is 0 Å². The summed E-state index contributed by atoms with van der Waals surface area (Å²) in [6.07, 6.45) is 9.04. The molecule has 1 aliphatic carbocycles. The van der Waals surface area contributed by atoms with Gasteiger partial charge < -0.3 is 24.3 Å². The summed E-state index contributed by atoms with van der Waals surface area (Å²) in [6.45, 7) is 0. The highest BCUT2D eigenvalue weighted by atomic mass is 32.1. The largest absolute Gasteiger partial charge is 0.497 e. The molecule has 2 atom stereocenters. The Kier molecular flexibility index (Phi) is 5.74. The Labute approximate surface area is 194 Å². The molecule has 1 saturated carbocycles. The van der Waals surface area contributed by atoms with Gasteiger partial charge in [-0.25, -0.2) is 0 Å². The van der Waals surface area contributed by atoms with E-state index in [9.17, 15) is 0 Å². The molecule has 1 N–H and O–H groups in total. The average Bonchev–Trinajstić information content (AvgIpc) is 3.58. The molecule has 3 aromatic rings. The third kappa shape index (κ3) is 3.60. The average molecular weight is 449 g/mol. The summed E-state index contributed by atoms with van der Waals surface area (Å²) in [4.78, 5) is 6.85.